The average molecular weight is 302 g/mol. The van der Waals surface area contributed by atoms with E-state index < -0.39 is 11.5 Å². The van der Waals surface area contributed by atoms with Crippen LogP contribution in [0.1, 0.15) is 38.3 Å². The van der Waals surface area contributed by atoms with Crippen LogP contribution in [-0.4, -0.2) is 28.1 Å². The first kappa shape index (κ1) is 14.6. The molecule has 1 heterocycles. The lowest BCUT2D eigenvalue weighted by Crippen LogP contribution is -2.48. The number of carboxylic acids is 1. The predicted octanol–water partition coefficient (Wildman–Crippen LogP) is 3.99. The summed E-state index contributed by atoms with van der Waals surface area (Å²) >= 11 is 12.1. The van der Waals surface area contributed by atoms with Gasteiger partial charge in [0.2, 0.25) is 0 Å². The maximum atomic E-state index is 11.5. The van der Waals surface area contributed by atoms with E-state index in [0.717, 1.165) is 18.5 Å². The van der Waals surface area contributed by atoms with E-state index in [1.165, 1.54) is 0 Å². The molecule has 2 unspecified atom stereocenters. The highest BCUT2D eigenvalue weighted by Crippen LogP contribution is 2.39. The number of likely N-dealkylation sites (tertiary alicyclic amines) is 1. The summed E-state index contributed by atoms with van der Waals surface area (Å²) < 4.78 is 0. The first-order valence-electron chi connectivity index (χ1n) is 6.31. The fraction of sp³-hybridized carbons (Fsp3) is 0.500. The summed E-state index contributed by atoms with van der Waals surface area (Å²) in [6.07, 6.45) is 1.55. The minimum Gasteiger partial charge on any atom is -0.480 e. The number of benzene rings is 1. The fourth-order valence-electron chi connectivity index (χ4n) is 2.84. The lowest BCUT2D eigenvalue weighted by molar-refractivity contribution is -0.149. The topological polar surface area (TPSA) is 40.5 Å². The second-order valence-electron chi connectivity index (χ2n) is 5.22. The molecule has 0 aliphatic carbocycles. The van der Waals surface area contributed by atoms with Crippen molar-refractivity contribution < 1.29 is 9.90 Å². The lowest BCUT2D eigenvalue weighted by atomic mass is 9.96. The Bertz CT molecular complexity index is 506. The minimum absolute atomic E-state index is 0.0478. The van der Waals surface area contributed by atoms with Crippen LogP contribution in [0.5, 0.6) is 0 Å². The zero-order chi connectivity index (χ0) is 14.2. The van der Waals surface area contributed by atoms with Gasteiger partial charge in [-0.3, -0.25) is 9.69 Å². The Morgan fingerprint density at radius 1 is 1.47 bits per heavy atom. The summed E-state index contributed by atoms with van der Waals surface area (Å²) in [4.78, 5) is 13.5. The first-order chi connectivity index (χ1) is 8.86. The van der Waals surface area contributed by atoms with Gasteiger partial charge in [0.25, 0.3) is 0 Å². The van der Waals surface area contributed by atoms with Crippen molar-refractivity contribution in [2.45, 2.75) is 38.3 Å². The van der Waals surface area contributed by atoms with Gasteiger partial charge < -0.3 is 5.11 Å². The zero-order valence-corrected chi connectivity index (χ0v) is 12.5. The molecule has 0 bridgehead atoms. The molecule has 1 aromatic carbocycles. The molecule has 2 rings (SSSR count). The van der Waals surface area contributed by atoms with Gasteiger partial charge in [-0.2, -0.15) is 0 Å². The molecule has 3 nitrogen and oxygen atoms in total. The van der Waals surface area contributed by atoms with Crippen molar-refractivity contribution in [1.82, 2.24) is 4.90 Å². The number of rotatable bonds is 3. The predicted molar refractivity (Wildman–Crippen MR) is 76.9 cm³/mol. The SMILES string of the molecule is CC(c1ccc(Cl)cc1Cl)N1CCCC1(C)C(=O)O. The molecule has 0 saturated carbocycles. The fourth-order valence-corrected chi connectivity index (χ4v) is 3.41. The van der Waals surface area contributed by atoms with Gasteiger partial charge >= 0.3 is 5.97 Å². The molecule has 1 fully saturated rings. The molecule has 104 valence electrons. The molecule has 1 aliphatic rings. The molecule has 1 aliphatic heterocycles. The maximum Gasteiger partial charge on any atom is 0.323 e. The van der Waals surface area contributed by atoms with Gasteiger partial charge in [-0.05, 0) is 50.9 Å². The Kier molecular flexibility index (Phi) is 4.09. The van der Waals surface area contributed by atoms with Crippen LogP contribution in [0.25, 0.3) is 0 Å². The molecular weight excluding hydrogens is 285 g/mol. The van der Waals surface area contributed by atoms with Gasteiger partial charge in [0.05, 0.1) is 0 Å². The maximum absolute atomic E-state index is 11.5. The summed E-state index contributed by atoms with van der Waals surface area (Å²) in [6.45, 7) is 4.53. The Morgan fingerprint density at radius 3 is 2.74 bits per heavy atom. The van der Waals surface area contributed by atoms with E-state index in [4.69, 9.17) is 23.2 Å². The standard InChI is InChI=1S/C14H17Cl2NO2/c1-9(11-5-4-10(15)8-12(11)16)17-7-3-6-14(17,2)13(18)19/h4-5,8-9H,3,6-7H2,1-2H3,(H,18,19). The minimum atomic E-state index is -0.817. The van der Waals surface area contributed by atoms with E-state index in [1.807, 2.05) is 17.9 Å². The molecular formula is C14H17Cl2NO2. The second-order valence-corrected chi connectivity index (χ2v) is 6.06. The number of hydrogen-bond acceptors (Lipinski definition) is 2. The third kappa shape index (κ3) is 2.60. The van der Waals surface area contributed by atoms with E-state index in [2.05, 4.69) is 0 Å². The molecule has 1 aromatic rings. The number of halogens is 2. The van der Waals surface area contributed by atoms with Crippen LogP contribution in [0.15, 0.2) is 18.2 Å². The molecule has 0 aromatic heterocycles. The van der Waals surface area contributed by atoms with Crippen LogP contribution in [0, 0.1) is 0 Å². The smallest absolute Gasteiger partial charge is 0.323 e. The van der Waals surface area contributed by atoms with Crippen LogP contribution < -0.4 is 0 Å². The highest BCUT2D eigenvalue weighted by molar-refractivity contribution is 6.35. The molecule has 19 heavy (non-hydrogen) atoms. The van der Waals surface area contributed by atoms with Crippen molar-refractivity contribution in [1.29, 1.82) is 0 Å². The first-order valence-corrected chi connectivity index (χ1v) is 7.07. The second kappa shape index (κ2) is 5.31. The lowest BCUT2D eigenvalue weighted by Gasteiger charge is -2.36. The third-order valence-electron chi connectivity index (χ3n) is 4.04. The van der Waals surface area contributed by atoms with Gasteiger partial charge in [-0.1, -0.05) is 29.3 Å². The van der Waals surface area contributed by atoms with Crippen molar-refractivity contribution in [3.8, 4) is 0 Å². The normalized spacial score (nSPS) is 25.5. The zero-order valence-electron chi connectivity index (χ0n) is 11.0. The van der Waals surface area contributed by atoms with E-state index >= 15 is 0 Å². The van der Waals surface area contributed by atoms with Crippen LogP contribution in [-0.2, 0) is 4.79 Å². The number of aliphatic carboxylic acids is 1. The quantitative estimate of drug-likeness (QED) is 0.917. The Morgan fingerprint density at radius 2 is 2.16 bits per heavy atom. The summed E-state index contributed by atoms with van der Waals surface area (Å²) in [6, 6.07) is 5.31. The third-order valence-corrected chi connectivity index (χ3v) is 4.60. The molecule has 5 heteroatoms. The average Bonchev–Trinajstić information content (AvgIpc) is 2.72. The van der Waals surface area contributed by atoms with Gasteiger partial charge in [-0.25, -0.2) is 0 Å². The highest BCUT2D eigenvalue weighted by atomic mass is 35.5. The van der Waals surface area contributed by atoms with E-state index in [0.29, 0.717) is 16.5 Å². The molecule has 1 saturated heterocycles. The van der Waals surface area contributed by atoms with E-state index in [-0.39, 0.29) is 6.04 Å². The van der Waals surface area contributed by atoms with Crippen molar-refractivity contribution in [2.75, 3.05) is 6.54 Å². The van der Waals surface area contributed by atoms with Gasteiger partial charge in [-0.15, -0.1) is 0 Å². The number of carbonyl (C=O) groups is 1. The van der Waals surface area contributed by atoms with Crippen LogP contribution >= 0.6 is 23.2 Å². The number of carboxylic acid groups (broad SMARTS) is 1. The summed E-state index contributed by atoms with van der Waals surface area (Å²) in [5.41, 5.74) is 0.1000. The van der Waals surface area contributed by atoms with E-state index in [1.54, 1.807) is 19.1 Å². The van der Waals surface area contributed by atoms with E-state index in [9.17, 15) is 9.90 Å². The van der Waals surface area contributed by atoms with Crippen molar-refractivity contribution in [3.63, 3.8) is 0 Å². The summed E-state index contributed by atoms with van der Waals surface area (Å²) in [5.74, 6) is -0.776. The van der Waals surface area contributed by atoms with Crippen LogP contribution in [0.2, 0.25) is 10.0 Å². The molecule has 1 N–H and O–H groups in total. The summed E-state index contributed by atoms with van der Waals surface area (Å²) in [5, 5.41) is 10.6. The Hall–Kier alpha value is -0.770. The van der Waals surface area contributed by atoms with Crippen LogP contribution in [0.3, 0.4) is 0 Å². The van der Waals surface area contributed by atoms with Crippen molar-refractivity contribution in [3.05, 3.63) is 33.8 Å². The summed E-state index contributed by atoms with van der Waals surface area (Å²) in [7, 11) is 0. The monoisotopic (exact) mass is 301 g/mol. The molecule has 0 spiro atoms. The van der Waals surface area contributed by atoms with Crippen molar-refractivity contribution >= 4 is 29.2 Å². The van der Waals surface area contributed by atoms with Gasteiger partial charge in [0, 0.05) is 16.1 Å². The molecule has 2 atom stereocenters. The largest absolute Gasteiger partial charge is 0.480 e. The number of hydrogen-bond donors (Lipinski definition) is 1. The Balaban J connectivity index is 2.33. The highest BCUT2D eigenvalue weighted by Gasteiger charge is 2.45. The molecule has 0 amide bonds. The van der Waals surface area contributed by atoms with Crippen LogP contribution in [0.4, 0.5) is 0 Å². The Labute approximate surface area is 123 Å². The number of nitrogens with zero attached hydrogens (tertiary/aromatic N) is 1. The van der Waals surface area contributed by atoms with Gasteiger partial charge in [0.1, 0.15) is 5.54 Å². The van der Waals surface area contributed by atoms with Crippen molar-refractivity contribution in [2.24, 2.45) is 0 Å². The molecule has 0 radical (unpaired) electrons. The van der Waals surface area contributed by atoms with Gasteiger partial charge in [0.15, 0.2) is 0 Å².